The van der Waals surface area contributed by atoms with Crippen LogP contribution in [0.2, 0.25) is 0 Å². The van der Waals surface area contributed by atoms with Crippen molar-refractivity contribution in [1.29, 1.82) is 5.26 Å². The number of carbonyl (C=O) groups excluding carboxylic acids is 1. The first-order valence-electron chi connectivity index (χ1n) is 11.7. The van der Waals surface area contributed by atoms with Gasteiger partial charge >= 0.3 is 5.97 Å². The maximum atomic E-state index is 13.3. The Morgan fingerprint density at radius 2 is 1.66 bits per heavy atom. The van der Waals surface area contributed by atoms with Crippen LogP contribution in [0.15, 0.2) is 78.9 Å². The lowest BCUT2D eigenvalue weighted by Crippen LogP contribution is -2.23. The van der Waals surface area contributed by atoms with E-state index in [0.29, 0.717) is 17.3 Å². The number of aryl methyl sites for hydroxylation is 2. The van der Waals surface area contributed by atoms with E-state index < -0.39 is 18.0 Å². The number of pyridine rings is 1. The summed E-state index contributed by atoms with van der Waals surface area (Å²) >= 11 is 0. The fraction of sp³-hybridized carbons (Fsp3) is 0.233. The molecule has 1 heterocycles. The number of benzene rings is 3. The van der Waals surface area contributed by atoms with Crippen molar-refractivity contribution in [3.05, 3.63) is 101 Å². The summed E-state index contributed by atoms with van der Waals surface area (Å²) in [6.45, 7) is 7.99. The molecule has 0 aliphatic carbocycles. The van der Waals surface area contributed by atoms with E-state index in [-0.39, 0.29) is 5.92 Å². The first-order chi connectivity index (χ1) is 16.9. The number of aromatic nitrogens is 1. The molecule has 1 aromatic heterocycles. The topological polar surface area (TPSA) is 72.2 Å². The number of nitriles is 1. The monoisotopic (exact) mass is 464 g/mol. The molecule has 0 amide bonds. The third kappa shape index (κ3) is 5.50. The van der Waals surface area contributed by atoms with Crippen LogP contribution in [0.3, 0.4) is 0 Å². The third-order valence-corrected chi connectivity index (χ3v) is 6.12. The number of carbonyl (C=O) groups is 1. The number of hydrogen-bond acceptors (Lipinski definition) is 5. The van der Waals surface area contributed by atoms with Gasteiger partial charge in [-0.25, -0.2) is 4.98 Å². The Hall–Kier alpha value is -4.17. The highest BCUT2D eigenvalue weighted by molar-refractivity contribution is 5.86. The lowest BCUT2D eigenvalue weighted by atomic mass is 9.87. The lowest BCUT2D eigenvalue weighted by Gasteiger charge is -2.22. The van der Waals surface area contributed by atoms with Crippen LogP contribution in [0.5, 0.6) is 11.6 Å². The molecule has 4 rings (SSSR count). The number of hydrogen-bond donors (Lipinski definition) is 0. The van der Waals surface area contributed by atoms with Crippen molar-refractivity contribution in [2.45, 2.75) is 39.7 Å². The van der Waals surface area contributed by atoms with Crippen LogP contribution in [-0.2, 0) is 9.53 Å². The molecular formula is C30H28N2O3. The van der Waals surface area contributed by atoms with E-state index in [1.165, 1.54) is 5.56 Å². The molecule has 2 atom stereocenters. The van der Waals surface area contributed by atoms with Crippen LogP contribution in [0.1, 0.15) is 48.3 Å². The van der Waals surface area contributed by atoms with Gasteiger partial charge in [0.25, 0.3) is 0 Å². The van der Waals surface area contributed by atoms with Crippen molar-refractivity contribution in [3.63, 3.8) is 0 Å². The standard InChI is InChI=1S/C30H28N2O3/c1-19(2)29(24-14-13-22-8-5-6-9-23(22)17-24)30(33)35-27(18-31)26-10-7-11-28(32-26)34-25-15-12-20(3)21(4)16-25/h5-17,19,27,29H,1-4H3. The molecule has 0 bridgehead atoms. The second-order valence-electron chi connectivity index (χ2n) is 9.02. The van der Waals surface area contributed by atoms with Gasteiger partial charge in [-0.2, -0.15) is 5.26 Å². The summed E-state index contributed by atoms with van der Waals surface area (Å²) in [5.41, 5.74) is 3.46. The minimum absolute atomic E-state index is 0.0181. The van der Waals surface area contributed by atoms with Crippen LogP contribution in [0.25, 0.3) is 10.8 Å². The Kier molecular flexibility index (Phi) is 7.12. The quantitative estimate of drug-likeness (QED) is 0.271. The van der Waals surface area contributed by atoms with Gasteiger partial charge in [0.1, 0.15) is 11.8 Å². The highest BCUT2D eigenvalue weighted by Crippen LogP contribution is 2.31. The fourth-order valence-electron chi connectivity index (χ4n) is 4.07. The molecule has 0 spiro atoms. The normalized spacial score (nSPS) is 12.7. The third-order valence-electron chi connectivity index (χ3n) is 6.12. The maximum absolute atomic E-state index is 13.3. The molecule has 0 aliphatic rings. The van der Waals surface area contributed by atoms with E-state index in [2.05, 4.69) is 11.1 Å². The largest absolute Gasteiger partial charge is 0.440 e. The summed E-state index contributed by atoms with van der Waals surface area (Å²) in [6, 6.07) is 26.9. The van der Waals surface area contributed by atoms with E-state index in [1.54, 1.807) is 18.2 Å². The van der Waals surface area contributed by atoms with Crippen LogP contribution in [0.4, 0.5) is 0 Å². The van der Waals surface area contributed by atoms with Gasteiger partial charge in [-0.15, -0.1) is 0 Å². The van der Waals surface area contributed by atoms with Crippen LogP contribution >= 0.6 is 0 Å². The van der Waals surface area contributed by atoms with Crippen molar-refractivity contribution in [2.75, 3.05) is 0 Å². The van der Waals surface area contributed by atoms with Crippen molar-refractivity contribution < 1.29 is 14.3 Å². The van der Waals surface area contributed by atoms with Gasteiger partial charge in [0.15, 0.2) is 0 Å². The number of fused-ring (bicyclic) bond motifs is 1. The van der Waals surface area contributed by atoms with E-state index in [0.717, 1.165) is 21.9 Å². The summed E-state index contributed by atoms with van der Waals surface area (Å²) in [4.78, 5) is 17.7. The molecule has 4 aromatic rings. The predicted octanol–water partition coefficient (Wildman–Crippen LogP) is 7.19. The van der Waals surface area contributed by atoms with Gasteiger partial charge in [-0.3, -0.25) is 4.79 Å². The van der Waals surface area contributed by atoms with Gasteiger partial charge in [-0.05, 0) is 65.4 Å². The molecule has 35 heavy (non-hydrogen) atoms. The molecule has 3 aromatic carbocycles. The lowest BCUT2D eigenvalue weighted by molar-refractivity contribution is -0.150. The molecule has 0 radical (unpaired) electrons. The second kappa shape index (κ2) is 10.4. The minimum atomic E-state index is -1.15. The van der Waals surface area contributed by atoms with Crippen molar-refractivity contribution in [1.82, 2.24) is 4.98 Å². The molecule has 0 N–H and O–H groups in total. The summed E-state index contributed by atoms with van der Waals surface area (Å²) in [5.74, 6) is 0.00126. The number of nitrogens with zero attached hydrogens (tertiary/aromatic N) is 2. The molecule has 0 aliphatic heterocycles. The molecule has 5 heteroatoms. The Bertz CT molecular complexity index is 1400. The summed E-state index contributed by atoms with van der Waals surface area (Å²) in [6.07, 6.45) is -1.15. The average molecular weight is 465 g/mol. The average Bonchev–Trinajstić information content (AvgIpc) is 2.85. The van der Waals surface area contributed by atoms with Gasteiger partial charge in [0, 0.05) is 6.07 Å². The van der Waals surface area contributed by atoms with Gasteiger partial charge in [0.2, 0.25) is 12.0 Å². The summed E-state index contributed by atoms with van der Waals surface area (Å²) in [7, 11) is 0. The molecular weight excluding hydrogens is 436 g/mol. The predicted molar refractivity (Wildman–Crippen MR) is 136 cm³/mol. The van der Waals surface area contributed by atoms with Gasteiger partial charge in [-0.1, -0.05) is 68.4 Å². The Balaban J connectivity index is 1.55. The Morgan fingerprint density at radius 1 is 0.886 bits per heavy atom. The number of esters is 1. The van der Waals surface area contributed by atoms with E-state index in [1.807, 2.05) is 88.4 Å². The highest BCUT2D eigenvalue weighted by atomic mass is 16.5. The maximum Gasteiger partial charge on any atom is 0.315 e. The Morgan fingerprint density at radius 3 is 2.37 bits per heavy atom. The Labute approximate surface area is 206 Å². The van der Waals surface area contributed by atoms with Gasteiger partial charge in [0.05, 0.1) is 11.6 Å². The van der Waals surface area contributed by atoms with Crippen molar-refractivity contribution in [2.24, 2.45) is 5.92 Å². The second-order valence-corrected chi connectivity index (χ2v) is 9.02. The molecule has 5 nitrogen and oxygen atoms in total. The number of ether oxygens (including phenoxy) is 2. The van der Waals surface area contributed by atoms with Crippen LogP contribution < -0.4 is 4.74 Å². The SMILES string of the molecule is Cc1ccc(Oc2cccc(C(C#N)OC(=O)C(c3ccc4ccccc4c3)C(C)C)n2)cc1C. The summed E-state index contributed by atoms with van der Waals surface area (Å²) < 4.78 is 11.6. The number of rotatable bonds is 7. The zero-order valence-electron chi connectivity index (χ0n) is 20.4. The van der Waals surface area contributed by atoms with Crippen molar-refractivity contribution in [3.8, 4) is 17.7 Å². The van der Waals surface area contributed by atoms with Crippen molar-refractivity contribution >= 4 is 16.7 Å². The van der Waals surface area contributed by atoms with Crippen LogP contribution in [0, 0.1) is 31.1 Å². The molecule has 0 fully saturated rings. The molecule has 2 unspecified atom stereocenters. The summed E-state index contributed by atoms with van der Waals surface area (Å²) in [5, 5.41) is 12.0. The van der Waals surface area contributed by atoms with E-state index in [4.69, 9.17) is 9.47 Å². The van der Waals surface area contributed by atoms with E-state index >= 15 is 0 Å². The smallest absolute Gasteiger partial charge is 0.315 e. The van der Waals surface area contributed by atoms with Gasteiger partial charge < -0.3 is 9.47 Å². The molecule has 0 saturated carbocycles. The van der Waals surface area contributed by atoms with Crippen LogP contribution in [-0.4, -0.2) is 11.0 Å². The van der Waals surface area contributed by atoms with E-state index in [9.17, 15) is 10.1 Å². The first kappa shape index (κ1) is 24.0. The zero-order valence-corrected chi connectivity index (χ0v) is 20.4. The molecule has 0 saturated heterocycles. The first-order valence-corrected chi connectivity index (χ1v) is 11.7. The zero-order chi connectivity index (χ0) is 24.9. The molecule has 176 valence electrons. The minimum Gasteiger partial charge on any atom is -0.440 e. The fourth-order valence-corrected chi connectivity index (χ4v) is 4.07. The highest BCUT2D eigenvalue weighted by Gasteiger charge is 2.29.